The van der Waals surface area contributed by atoms with E-state index < -0.39 is 0 Å². The van der Waals surface area contributed by atoms with Gasteiger partial charge in [0.1, 0.15) is 5.01 Å². The molecule has 0 saturated heterocycles. The van der Waals surface area contributed by atoms with Crippen molar-refractivity contribution in [3.8, 4) is 0 Å². The Hall–Kier alpha value is -1.13. The highest BCUT2D eigenvalue weighted by Crippen LogP contribution is 2.23. The Bertz CT molecular complexity index is 555. The number of thioether (sulfide) groups is 1. The lowest BCUT2D eigenvalue weighted by Gasteiger charge is -2.04. The fraction of sp³-hybridized carbons (Fsp3) is 0.286. The fourth-order valence-corrected chi connectivity index (χ4v) is 3.27. The highest BCUT2D eigenvalue weighted by molar-refractivity contribution is 7.98. The third-order valence-electron chi connectivity index (χ3n) is 2.79. The summed E-state index contributed by atoms with van der Waals surface area (Å²) < 4.78 is 0. The quantitative estimate of drug-likeness (QED) is 0.627. The molecule has 0 saturated carbocycles. The number of rotatable bonds is 4. The van der Waals surface area contributed by atoms with E-state index in [-0.39, 0.29) is 5.78 Å². The smallest absolute Gasteiger partial charge is 0.170 e. The number of hydrogen-bond donors (Lipinski definition) is 0. The van der Waals surface area contributed by atoms with E-state index in [2.05, 4.69) is 4.98 Å². The van der Waals surface area contributed by atoms with Gasteiger partial charge in [-0.25, -0.2) is 4.98 Å². The average Bonchev–Trinajstić information content (AvgIpc) is 2.68. The number of carbonyl (C=O) groups excluding carboxylic acids is 1. The van der Waals surface area contributed by atoms with E-state index in [1.54, 1.807) is 23.1 Å². The summed E-state index contributed by atoms with van der Waals surface area (Å²) in [5.74, 6) is 0.147. The van der Waals surface area contributed by atoms with Gasteiger partial charge in [-0.3, -0.25) is 4.79 Å². The van der Waals surface area contributed by atoms with Crippen LogP contribution in [0.5, 0.6) is 0 Å². The molecular formula is C14H15NOS2. The van der Waals surface area contributed by atoms with E-state index in [4.69, 9.17) is 0 Å². The van der Waals surface area contributed by atoms with Crippen molar-refractivity contribution in [1.82, 2.24) is 4.98 Å². The van der Waals surface area contributed by atoms with Gasteiger partial charge in [-0.1, -0.05) is 18.2 Å². The van der Waals surface area contributed by atoms with Crippen molar-refractivity contribution < 1.29 is 4.79 Å². The van der Waals surface area contributed by atoms with E-state index >= 15 is 0 Å². The average molecular weight is 277 g/mol. The van der Waals surface area contributed by atoms with Crippen molar-refractivity contribution >= 4 is 28.9 Å². The first-order valence-corrected chi connectivity index (χ1v) is 7.75. The maximum atomic E-state index is 12.3. The number of Topliss-reactive ketones (excluding diaryl/α,β-unsaturated/α-hetero) is 1. The number of nitrogens with zero attached hydrogens (tertiary/aromatic N) is 1. The first-order chi connectivity index (χ1) is 8.61. The molecule has 0 N–H and O–H groups in total. The molecule has 0 amide bonds. The molecule has 1 heterocycles. The van der Waals surface area contributed by atoms with Gasteiger partial charge in [0.2, 0.25) is 0 Å². The summed E-state index contributed by atoms with van der Waals surface area (Å²) in [4.78, 5) is 18.9. The molecular weight excluding hydrogens is 262 g/mol. The molecule has 0 aliphatic carbocycles. The van der Waals surface area contributed by atoms with Crippen LogP contribution >= 0.6 is 23.1 Å². The van der Waals surface area contributed by atoms with Gasteiger partial charge in [0.15, 0.2) is 5.78 Å². The molecule has 2 nitrogen and oxygen atoms in total. The van der Waals surface area contributed by atoms with Crippen LogP contribution in [0.2, 0.25) is 0 Å². The first-order valence-electron chi connectivity index (χ1n) is 5.71. The Morgan fingerprint density at radius 1 is 1.33 bits per heavy atom. The second kappa shape index (κ2) is 5.67. The lowest BCUT2D eigenvalue weighted by molar-refractivity contribution is 0.0990. The van der Waals surface area contributed by atoms with Crippen molar-refractivity contribution in [3.05, 3.63) is 45.4 Å². The Kier molecular flexibility index (Phi) is 4.19. The molecule has 2 rings (SSSR count). The van der Waals surface area contributed by atoms with Gasteiger partial charge in [0.25, 0.3) is 0 Å². The van der Waals surface area contributed by atoms with Gasteiger partial charge in [-0.2, -0.15) is 0 Å². The largest absolute Gasteiger partial charge is 0.294 e. The number of benzene rings is 1. The van der Waals surface area contributed by atoms with Crippen molar-refractivity contribution in [2.75, 3.05) is 6.26 Å². The van der Waals surface area contributed by atoms with Crippen LogP contribution in [0.3, 0.4) is 0 Å². The summed E-state index contributed by atoms with van der Waals surface area (Å²) in [5, 5.41) is 0.908. The van der Waals surface area contributed by atoms with Crippen LogP contribution < -0.4 is 0 Å². The highest BCUT2D eigenvalue weighted by Gasteiger charge is 2.13. The summed E-state index contributed by atoms with van der Waals surface area (Å²) in [6.45, 7) is 4.02. The fourth-order valence-electron chi connectivity index (χ4n) is 1.72. The molecule has 0 aliphatic heterocycles. The van der Waals surface area contributed by atoms with Crippen LogP contribution in [0.4, 0.5) is 0 Å². The molecule has 0 atom stereocenters. The number of thiazole rings is 1. The van der Waals surface area contributed by atoms with E-state index in [0.29, 0.717) is 6.42 Å². The van der Waals surface area contributed by atoms with Crippen molar-refractivity contribution in [2.24, 2.45) is 0 Å². The molecule has 0 aliphatic rings. The van der Waals surface area contributed by atoms with E-state index in [9.17, 15) is 4.79 Å². The molecule has 0 spiro atoms. The van der Waals surface area contributed by atoms with Gasteiger partial charge in [0.05, 0.1) is 12.1 Å². The molecule has 4 heteroatoms. The summed E-state index contributed by atoms with van der Waals surface area (Å²) in [5.41, 5.74) is 1.83. The zero-order valence-electron chi connectivity index (χ0n) is 10.7. The van der Waals surface area contributed by atoms with E-state index in [1.165, 1.54) is 4.88 Å². The number of carbonyl (C=O) groups is 1. The van der Waals surface area contributed by atoms with Crippen molar-refractivity contribution in [2.45, 2.75) is 25.2 Å². The first kappa shape index (κ1) is 13.3. The van der Waals surface area contributed by atoms with Crippen LogP contribution in [0.25, 0.3) is 0 Å². The topological polar surface area (TPSA) is 30.0 Å². The van der Waals surface area contributed by atoms with Gasteiger partial charge < -0.3 is 0 Å². The Morgan fingerprint density at radius 3 is 2.67 bits per heavy atom. The summed E-state index contributed by atoms with van der Waals surface area (Å²) in [7, 11) is 0. The molecule has 0 unspecified atom stereocenters. The third-order valence-corrected chi connectivity index (χ3v) is 4.66. The second-order valence-corrected chi connectivity index (χ2v) is 6.19. The van der Waals surface area contributed by atoms with Crippen LogP contribution in [0.15, 0.2) is 29.2 Å². The minimum Gasteiger partial charge on any atom is -0.294 e. The molecule has 0 radical (unpaired) electrons. The SMILES string of the molecule is CSc1ccccc1C(=O)Cc1nc(C)c(C)s1. The Balaban J connectivity index is 2.22. The predicted molar refractivity (Wildman–Crippen MR) is 77.8 cm³/mol. The number of aromatic nitrogens is 1. The Morgan fingerprint density at radius 2 is 2.06 bits per heavy atom. The van der Waals surface area contributed by atoms with Crippen molar-refractivity contribution in [1.29, 1.82) is 0 Å². The highest BCUT2D eigenvalue weighted by atomic mass is 32.2. The monoisotopic (exact) mass is 277 g/mol. The van der Waals surface area contributed by atoms with Crippen LogP contribution in [-0.4, -0.2) is 17.0 Å². The molecule has 18 heavy (non-hydrogen) atoms. The van der Waals surface area contributed by atoms with Crippen LogP contribution in [0.1, 0.15) is 25.9 Å². The lowest BCUT2D eigenvalue weighted by atomic mass is 10.1. The van der Waals surface area contributed by atoms with E-state index in [0.717, 1.165) is 21.2 Å². The molecule has 1 aromatic carbocycles. The maximum Gasteiger partial charge on any atom is 0.170 e. The number of ketones is 1. The normalized spacial score (nSPS) is 10.6. The minimum atomic E-state index is 0.147. The molecule has 0 bridgehead atoms. The lowest BCUT2D eigenvalue weighted by Crippen LogP contribution is -2.04. The number of aryl methyl sites for hydroxylation is 2. The third kappa shape index (κ3) is 2.82. The second-order valence-electron chi connectivity index (χ2n) is 4.05. The molecule has 94 valence electrons. The van der Waals surface area contributed by atoms with Gasteiger partial charge >= 0.3 is 0 Å². The summed E-state index contributed by atoms with van der Waals surface area (Å²) in [6, 6.07) is 7.74. The van der Waals surface area contributed by atoms with Gasteiger partial charge in [-0.05, 0) is 26.2 Å². The van der Waals surface area contributed by atoms with E-state index in [1.807, 2.05) is 44.4 Å². The molecule has 2 aromatic rings. The minimum absolute atomic E-state index is 0.147. The zero-order chi connectivity index (χ0) is 13.1. The zero-order valence-corrected chi connectivity index (χ0v) is 12.3. The van der Waals surface area contributed by atoms with Gasteiger partial charge in [0, 0.05) is 15.3 Å². The van der Waals surface area contributed by atoms with Gasteiger partial charge in [-0.15, -0.1) is 23.1 Å². The standard InChI is InChI=1S/C14H15NOS2/c1-9-10(2)18-14(15-9)8-12(16)11-6-4-5-7-13(11)17-3/h4-7H,8H2,1-3H3. The number of hydrogen-bond acceptors (Lipinski definition) is 4. The maximum absolute atomic E-state index is 12.3. The summed E-state index contributed by atoms with van der Waals surface area (Å²) in [6.07, 6.45) is 2.39. The van der Waals surface area contributed by atoms with Crippen LogP contribution in [0, 0.1) is 13.8 Å². The van der Waals surface area contributed by atoms with Crippen LogP contribution in [-0.2, 0) is 6.42 Å². The molecule has 1 aromatic heterocycles. The summed E-state index contributed by atoms with van der Waals surface area (Å²) >= 11 is 3.22. The van der Waals surface area contributed by atoms with Crippen molar-refractivity contribution in [3.63, 3.8) is 0 Å². The predicted octanol–water partition coefficient (Wildman–Crippen LogP) is 3.91. The Labute approximate surface area is 115 Å². The molecule has 0 fully saturated rings.